The molecule has 1 amide bonds. The van der Waals surface area contributed by atoms with Crippen molar-refractivity contribution in [1.29, 1.82) is 0 Å². The molecule has 1 saturated heterocycles. The lowest BCUT2D eigenvalue weighted by Crippen LogP contribution is -2.41. The second-order valence-electron chi connectivity index (χ2n) is 6.67. The van der Waals surface area contributed by atoms with Crippen LogP contribution in [0.4, 0.5) is 11.4 Å². The van der Waals surface area contributed by atoms with Gasteiger partial charge in [-0.2, -0.15) is 0 Å². The molecule has 0 atom stereocenters. The predicted molar refractivity (Wildman–Crippen MR) is 101 cm³/mol. The van der Waals surface area contributed by atoms with Gasteiger partial charge < -0.3 is 15.0 Å². The van der Waals surface area contributed by atoms with Gasteiger partial charge in [0.25, 0.3) is 5.91 Å². The summed E-state index contributed by atoms with van der Waals surface area (Å²) in [6.45, 7) is 5.82. The van der Waals surface area contributed by atoms with Crippen molar-refractivity contribution in [2.75, 3.05) is 50.8 Å². The van der Waals surface area contributed by atoms with Crippen molar-refractivity contribution in [1.82, 2.24) is 15.2 Å². The summed E-state index contributed by atoms with van der Waals surface area (Å²) >= 11 is 0. The van der Waals surface area contributed by atoms with Crippen LogP contribution in [-0.4, -0.2) is 61.7 Å². The van der Waals surface area contributed by atoms with Crippen molar-refractivity contribution in [2.45, 2.75) is 6.42 Å². The van der Waals surface area contributed by atoms with E-state index in [4.69, 9.17) is 4.74 Å². The van der Waals surface area contributed by atoms with E-state index in [1.54, 1.807) is 6.20 Å². The molecule has 0 bridgehead atoms. The maximum Gasteiger partial charge on any atom is 0.252 e. The van der Waals surface area contributed by atoms with E-state index < -0.39 is 0 Å². The number of anilines is 2. The Hall–Kier alpha value is -2.44. The lowest BCUT2D eigenvalue weighted by Gasteiger charge is -2.26. The Kier molecular flexibility index (Phi) is 5.13. The van der Waals surface area contributed by atoms with Crippen LogP contribution in [0.25, 0.3) is 0 Å². The fourth-order valence-corrected chi connectivity index (χ4v) is 3.56. The SMILES string of the molecule is O=C(NCCN1CCOCC1)c1cncc(N2CCc3ccccc32)c1. The van der Waals surface area contributed by atoms with Crippen LogP contribution < -0.4 is 10.2 Å². The van der Waals surface area contributed by atoms with Gasteiger partial charge in [-0.1, -0.05) is 18.2 Å². The molecule has 1 aromatic carbocycles. The maximum atomic E-state index is 12.5. The van der Waals surface area contributed by atoms with E-state index >= 15 is 0 Å². The number of hydrogen-bond acceptors (Lipinski definition) is 5. The molecule has 0 unspecified atom stereocenters. The largest absolute Gasteiger partial charge is 0.379 e. The number of fused-ring (bicyclic) bond motifs is 1. The van der Waals surface area contributed by atoms with Gasteiger partial charge in [-0.05, 0) is 24.1 Å². The van der Waals surface area contributed by atoms with Gasteiger partial charge in [0.05, 0.1) is 30.7 Å². The first-order valence-corrected chi connectivity index (χ1v) is 9.20. The first kappa shape index (κ1) is 17.0. The normalized spacial score (nSPS) is 17.2. The average Bonchev–Trinajstić information content (AvgIpc) is 3.13. The molecule has 0 radical (unpaired) electrons. The third kappa shape index (κ3) is 3.71. The molecule has 2 aliphatic heterocycles. The van der Waals surface area contributed by atoms with Crippen molar-refractivity contribution in [3.8, 4) is 0 Å². The maximum absolute atomic E-state index is 12.5. The number of ether oxygens (including phenoxy) is 1. The first-order valence-electron chi connectivity index (χ1n) is 9.20. The molecule has 1 aromatic heterocycles. The Bertz CT molecular complexity index is 774. The van der Waals surface area contributed by atoms with E-state index in [0.717, 1.165) is 51.5 Å². The zero-order valence-electron chi connectivity index (χ0n) is 14.9. The number of carbonyl (C=O) groups is 1. The topological polar surface area (TPSA) is 57.7 Å². The van der Waals surface area contributed by atoms with Crippen LogP contribution in [0.2, 0.25) is 0 Å². The molecule has 26 heavy (non-hydrogen) atoms. The van der Waals surface area contributed by atoms with Crippen LogP contribution >= 0.6 is 0 Å². The second kappa shape index (κ2) is 7.85. The Morgan fingerprint density at radius 2 is 2.00 bits per heavy atom. The molecule has 6 heteroatoms. The molecule has 1 fully saturated rings. The van der Waals surface area contributed by atoms with Crippen LogP contribution in [0.1, 0.15) is 15.9 Å². The predicted octanol–water partition coefficient (Wildman–Crippen LogP) is 1.84. The van der Waals surface area contributed by atoms with Crippen molar-refractivity contribution in [3.63, 3.8) is 0 Å². The van der Waals surface area contributed by atoms with Crippen LogP contribution in [-0.2, 0) is 11.2 Å². The number of nitrogens with one attached hydrogen (secondary N) is 1. The highest BCUT2D eigenvalue weighted by Gasteiger charge is 2.21. The Labute approximate surface area is 153 Å². The van der Waals surface area contributed by atoms with Crippen LogP contribution in [0, 0.1) is 0 Å². The molecular weight excluding hydrogens is 328 g/mol. The minimum atomic E-state index is -0.0694. The van der Waals surface area contributed by atoms with Gasteiger partial charge in [0.1, 0.15) is 0 Å². The minimum Gasteiger partial charge on any atom is -0.379 e. The standard InChI is InChI=1S/C20H24N4O2/c25-20(22-6-8-23-9-11-26-12-10-23)17-13-18(15-21-14-17)24-7-5-16-3-1-2-4-19(16)24/h1-4,13-15H,5-12H2,(H,22,25). The van der Waals surface area contributed by atoms with Crippen LogP contribution in [0.3, 0.4) is 0 Å². The van der Waals surface area contributed by atoms with E-state index in [2.05, 4.69) is 38.3 Å². The summed E-state index contributed by atoms with van der Waals surface area (Å²) in [5.74, 6) is -0.0694. The summed E-state index contributed by atoms with van der Waals surface area (Å²) in [4.78, 5) is 21.3. The number of benzene rings is 1. The molecule has 6 nitrogen and oxygen atoms in total. The van der Waals surface area contributed by atoms with Gasteiger partial charge in [-0.3, -0.25) is 14.7 Å². The van der Waals surface area contributed by atoms with Crippen molar-refractivity contribution in [2.24, 2.45) is 0 Å². The smallest absolute Gasteiger partial charge is 0.252 e. The highest BCUT2D eigenvalue weighted by atomic mass is 16.5. The van der Waals surface area contributed by atoms with Gasteiger partial charge >= 0.3 is 0 Å². The number of nitrogens with zero attached hydrogens (tertiary/aromatic N) is 3. The quantitative estimate of drug-likeness (QED) is 0.890. The zero-order chi connectivity index (χ0) is 17.8. The van der Waals surface area contributed by atoms with Gasteiger partial charge in [0.2, 0.25) is 0 Å². The average molecular weight is 352 g/mol. The fraction of sp³-hybridized carbons (Fsp3) is 0.400. The van der Waals surface area contributed by atoms with Crippen molar-refractivity contribution < 1.29 is 9.53 Å². The second-order valence-corrected chi connectivity index (χ2v) is 6.67. The third-order valence-electron chi connectivity index (χ3n) is 5.00. The monoisotopic (exact) mass is 352 g/mol. The number of pyridine rings is 1. The summed E-state index contributed by atoms with van der Waals surface area (Å²) in [6.07, 6.45) is 4.48. The van der Waals surface area contributed by atoms with Crippen LogP contribution in [0.15, 0.2) is 42.7 Å². The summed E-state index contributed by atoms with van der Waals surface area (Å²) in [5, 5.41) is 3.00. The van der Waals surface area contributed by atoms with Gasteiger partial charge in [-0.15, -0.1) is 0 Å². The van der Waals surface area contributed by atoms with Gasteiger partial charge in [0, 0.05) is 44.6 Å². The van der Waals surface area contributed by atoms with E-state index in [-0.39, 0.29) is 5.91 Å². The highest BCUT2D eigenvalue weighted by Crippen LogP contribution is 2.33. The van der Waals surface area contributed by atoms with Crippen molar-refractivity contribution in [3.05, 3.63) is 53.9 Å². The number of hydrogen-bond donors (Lipinski definition) is 1. The minimum absolute atomic E-state index is 0.0694. The summed E-state index contributed by atoms with van der Waals surface area (Å²) in [7, 11) is 0. The van der Waals surface area contributed by atoms with E-state index in [9.17, 15) is 4.79 Å². The van der Waals surface area contributed by atoms with E-state index in [1.165, 1.54) is 11.3 Å². The molecule has 4 rings (SSSR count). The van der Waals surface area contributed by atoms with Gasteiger partial charge in [0.15, 0.2) is 0 Å². The number of carbonyl (C=O) groups excluding carboxylic acids is 1. The third-order valence-corrected chi connectivity index (χ3v) is 5.00. The van der Waals surface area contributed by atoms with E-state index in [0.29, 0.717) is 12.1 Å². The molecule has 0 saturated carbocycles. The number of morpholine rings is 1. The number of amides is 1. The summed E-state index contributed by atoms with van der Waals surface area (Å²) < 4.78 is 5.34. The molecule has 2 aromatic rings. The Balaban J connectivity index is 1.39. The lowest BCUT2D eigenvalue weighted by atomic mass is 10.2. The molecule has 0 aliphatic carbocycles. The highest BCUT2D eigenvalue weighted by molar-refractivity contribution is 5.95. The zero-order valence-corrected chi connectivity index (χ0v) is 14.9. The van der Waals surface area contributed by atoms with Crippen LogP contribution in [0.5, 0.6) is 0 Å². The summed E-state index contributed by atoms with van der Waals surface area (Å²) in [5.41, 5.74) is 4.12. The van der Waals surface area contributed by atoms with Gasteiger partial charge in [-0.25, -0.2) is 0 Å². The lowest BCUT2D eigenvalue weighted by molar-refractivity contribution is 0.0383. The van der Waals surface area contributed by atoms with Crippen molar-refractivity contribution >= 4 is 17.3 Å². The first-order chi connectivity index (χ1) is 12.8. The molecule has 0 spiro atoms. The molecule has 1 N–H and O–H groups in total. The fourth-order valence-electron chi connectivity index (χ4n) is 3.56. The van der Waals surface area contributed by atoms with E-state index in [1.807, 2.05) is 18.3 Å². The number of para-hydroxylation sites is 1. The molecule has 136 valence electrons. The molecular formula is C20H24N4O2. The Morgan fingerprint density at radius 1 is 1.15 bits per heavy atom. The number of rotatable bonds is 5. The summed E-state index contributed by atoms with van der Waals surface area (Å²) in [6, 6.07) is 10.3. The Morgan fingerprint density at radius 3 is 2.88 bits per heavy atom. The molecule has 3 heterocycles. The number of aromatic nitrogens is 1. The molecule has 2 aliphatic rings.